The molecule has 1 aliphatic carbocycles. The van der Waals surface area contributed by atoms with Gasteiger partial charge < -0.3 is 24.8 Å². The van der Waals surface area contributed by atoms with Crippen molar-refractivity contribution >= 4 is 22.8 Å². The molecule has 0 spiro atoms. The molecule has 3 rings (SSSR count). The number of carbonyl (C=O) groups is 1. The highest BCUT2D eigenvalue weighted by Crippen LogP contribution is 2.31. The second-order valence-electron chi connectivity index (χ2n) is 6.97. The molecule has 0 saturated heterocycles. The molecular weight excluding hydrogens is 348 g/mol. The molecule has 8 heteroatoms. The van der Waals surface area contributed by atoms with Crippen molar-refractivity contribution in [2.24, 2.45) is 0 Å². The van der Waals surface area contributed by atoms with E-state index < -0.39 is 0 Å². The van der Waals surface area contributed by atoms with Gasteiger partial charge in [0.1, 0.15) is 5.82 Å². The number of fused-ring (bicyclic) bond motifs is 1. The smallest absolute Gasteiger partial charge is 0.259 e. The molecule has 1 aliphatic rings. The quantitative estimate of drug-likeness (QED) is 0.796. The molecule has 1 aromatic heterocycles. The Balaban J connectivity index is 1.76. The van der Waals surface area contributed by atoms with Crippen LogP contribution in [0.4, 0.5) is 5.82 Å². The Kier molecular flexibility index (Phi) is 5.95. The van der Waals surface area contributed by atoms with Crippen molar-refractivity contribution in [3.8, 4) is 11.5 Å². The highest BCUT2D eigenvalue weighted by molar-refractivity contribution is 5.81. The molecule has 0 atom stereocenters. The normalized spacial score (nSPS) is 19.6. The zero-order chi connectivity index (χ0) is 19.4. The Hall–Kier alpha value is -2.61. The van der Waals surface area contributed by atoms with Crippen molar-refractivity contribution in [2.75, 3.05) is 33.1 Å². The predicted molar refractivity (Wildman–Crippen MR) is 102 cm³/mol. The zero-order valence-corrected chi connectivity index (χ0v) is 15.9. The van der Waals surface area contributed by atoms with Crippen LogP contribution in [0.1, 0.15) is 25.7 Å². The summed E-state index contributed by atoms with van der Waals surface area (Å²) >= 11 is 0. The summed E-state index contributed by atoms with van der Waals surface area (Å²) in [4.78, 5) is 22.3. The van der Waals surface area contributed by atoms with Gasteiger partial charge in [-0.3, -0.25) is 9.78 Å². The predicted octanol–water partition coefficient (Wildman–Crippen LogP) is 1.82. The molecule has 1 heterocycles. The number of rotatable bonds is 6. The van der Waals surface area contributed by atoms with Crippen LogP contribution in [0.2, 0.25) is 0 Å². The van der Waals surface area contributed by atoms with Gasteiger partial charge >= 0.3 is 0 Å². The summed E-state index contributed by atoms with van der Waals surface area (Å²) < 4.78 is 11.0. The van der Waals surface area contributed by atoms with Crippen LogP contribution in [0.5, 0.6) is 11.5 Å². The lowest BCUT2D eigenvalue weighted by molar-refractivity contribution is -0.130. The average molecular weight is 374 g/mol. The molecule has 27 heavy (non-hydrogen) atoms. The van der Waals surface area contributed by atoms with Gasteiger partial charge in [0.2, 0.25) is 0 Å². The lowest BCUT2D eigenvalue weighted by atomic mass is 9.93. The van der Waals surface area contributed by atoms with Crippen LogP contribution >= 0.6 is 0 Å². The van der Waals surface area contributed by atoms with Gasteiger partial charge in [0.15, 0.2) is 18.1 Å². The second kappa shape index (κ2) is 8.39. The minimum atomic E-state index is -0.187. The van der Waals surface area contributed by atoms with Gasteiger partial charge in [0, 0.05) is 32.3 Å². The summed E-state index contributed by atoms with van der Waals surface area (Å²) in [5.74, 6) is 1.51. The molecule has 0 aliphatic heterocycles. The van der Waals surface area contributed by atoms with E-state index in [1.807, 2.05) is 0 Å². The third kappa shape index (κ3) is 4.77. The van der Waals surface area contributed by atoms with Crippen molar-refractivity contribution in [3.05, 3.63) is 18.3 Å². The summed E-state index contributed by atoms with van der Waals surface area (Å²) in [6, 6.07) is 3.78. The molecular formula is C19H26N4O4. The lowest BCUT2D eigenvalue weighted by Gasteiger charge is -2.26. The van der Waals surface area contributed by atoms with E-state index in [4.69, 9.17) is 9.47 Å². The topological polar surface area (TPSA) is 96.8 Å². The Morgan fingerprint density at radius 3 is 2.59 bits per heavy atom. The number of nitrogens with zero attached hydrogens (tertiary/aromatic N) is 3. The van der Waals surface area contributed by atoms with E-state index in [1.165, 1.54) is 4.90 Å². The standard InChI is InChI=1S/C19H26N4O4/c1-23(2)19(25)11-27-17-8-14-15(9-16(17)26-3)22-18(10-20-14)21-12-4-6-13(24)7-5-12/h8-10,12-13,24H,4-7,11H2,1-3H3,(H,21,22). The zero-order valence-electron chi connectivity index (χ0n) is 15.9. The van der Waals surface area contributed by atoms with Crippen LogP contribution in [-0.2, 0) is 4.79 Å². The molecule has 0 radical (unpaired) electrons. The summed E-state index contributed by atoms with van der Waals surface area (Å²) in [5.41, 5.74) is 1.34. The summed E-state index contributed by atoms with van der Waals surface area (Å²) in [6.07, 6.45) is 4.94. The number of hydrogen-bond donors (Lipinski definition) is 2. The number of benzene rings is 1. The van der Waals surface area contributed by atoms with Crippen molar-refractivity contribution in [3.63, 3.8) is 0 Å². The van der Waals surface area contributed by atoms with Crippen LogP contribution in [-0.4, -0.2) is 65.8 Å². The van der Waals surface area contributed by atoms with E-state index in [0.717, 1.165) is 25.7 Å². The largest absolute Gasteiger partial charge is 0.493 e. The lowest BCUT2D eigenvalue weighted by Crippen LogP contribution is -2.28. The Morgan fingerprint density at radius 2 is 1.93 bits per heavy atom. The number of aliphatic hydroxyl groups excluding tert-OH is 1. The average Bonchev–Trinajstić information content (AvgIpc) is 2.67. The first-order valence-corrected chi connectivity index (χ1v) is 9.08. The molecule has 8 nitrogen and oxygen atoms in total. The van der Waals surface area contributed by atoms with Crippen LogP contribution in [0, 0.1) is 0 Å². The third-order valence-corrected chi connectivity index (χ3v) is 4.73. The van der Waals surface area contributed by atoms with Crippen molar-refractivity contribution < 1.29 is 19.4 Å². The highest BCUT2D eigenvalue weighted by Gasteiger charge is 2.20. The van der Waals surface area contributed by atoms with Crippen LogP contribution in [0.25, 0.3) is 11.0 Å². The number of methoxy groups -OCH3 is 1. The number of anilines is 1. The van der Waals surface area contributed by atoms with Gasteiger partial charge in [-0.15, -0.1) is 0 Å². The molecule has 1 fully saturated rings. The van der Waals surface area contributed by atoms with E-state index in [9.17, 15) is 9.90 Å². The molecule has 0 bridgehead atoms. The Morgan fingerprint density at radius 1 is 1.22 bits per heavy atom. The first kappa shape index (κ1) is 19.2. The molecule has 2 aromatic rings. The van der Waals surface area contributed by atoms with E-state index in [-0.39, 0.29) is 18.6 Å². The highest BCUT2D eigenvalue weighted by atomic mass is 16.5. The maximum atomic E-state index is 11.7. The van der Waals surface area contributed by atoms with Crippen molar-refractivity contribution in [2.45, 2.75) is 37.8 Å². The van der Waals surface area contributed by atoms with Gasteiger partial charge in [-0.2, -0.15) is 0 Å². The fraction of sp³-hybridized carbons (Fsp3) is 0.526. The minimum Gasteiger partial charge on any atom is -0.493 e. The van der Waals surface area contributed by atoms with Gasteiger partial charge in [-0.1, -0.05) is 0 Å². The van der Waals surface area contributed by atoms with Crippen molar-refractivity contribution in [1.29, 1.82) is 0 Å². The number of likely N-dealkylation sites (N-methyl/N-ethyl adjacent to an activating group) is 1. The molecule has 146 valence electrons. The number of ether oxygens (including phenoxy) is 2. The summed E-state index contributed by atoms with van der Waals surface area (Å²) in [6.45, 7) is -0.0739. The van der Waals surface area contributed by atoms with Gasteiger partial charge in [-0.25, -0.2) is 4.98 Å². The number of amides is 1. The van der Waals surface area contributed by atoms with Crippen molar-refractivity contribution in [1.82, 2.24) is 14.9 Å². The van der Waals surface area contributed by atoms with E-state index >= 15 is 0 Å². The van der Waals surface area contributed by atoms with Gasteiger partial charge in [-0.05, 0) is 25.7 Å². The third-order valence-electron chi connectivity index (χ3n) is 4.73. The number of aromatic nitrogens is 2. The second-order valence-corrected chi connectivity index (χ2v) is 6.97. The fourth-order valence-electron chi connectivity index (χ4n) is 3.06. The first-order chi connectivity index (χ1) is 13.0. The van der Waals surface area contributed by atoms with Crippen LogP contribution in [0.3, 0.4) is 0 Å². The first-order valence-electron chi connectivity index (χ1n) is 9.08. The SMILES string of the molecule is COc1cc2nc(NC3CCC(O)CC3)cnc2cc1OCC(=O)N(C)C. The number of aliphatic hydroxyl groups is 1. The van der Waals surface area contributed by atoms with E-state index in [2.05, 4.69) is 15.3 Å². The summed E-state index contributed by atoms with van der Waals surface area (Å²) in [7, 11) is 4.90. The molecule has 2 N–H and O–H groups in total. The molecule has 0 unspecified atom stereocenters. The van der Waals surface area contributed by atoms with Gasteiger partial charge in [0.25, 0.3) is 5.91 Å². The molecule has 1 aromatic carbocycles. The number of carbonyl (C=O) groups excluding carboxylic acids is 1. The minimum absolute atomic E-state index is 0.0739. The monoisotopic (exact) mass is 374 g/mol. The maximum absolute atomic E-state index is 11.7. The van der Waals surface area contributed by atoms with E-state index in [0.29, 0.717) is 34.4 Å². The summed E-state index contributed by atoms with van der Waals surface area (Å²) in [5, 5.41) is 13.0. The number of nitrogens with one attached hydrogen (secondary N) is 1. The Bertz CT molecular complexity index is 804. The van der Waals surface area contributed by atoms with Crippen LogP contribution < -0.4 is 14.8 Å². The van der Waals surface area contributed by atoms with Gasteiger partial charge in [0.05, 0.1) is 30.4 Å². The van der Waals surface area contributed by atoms with E-state index in [1.54, 1.807) is 39.5 Å². The number of hydrogen-bond acceptors (Lipinski definition) is 7. The molecule has 1 amide bonds. The Labute approximate surface area is 158 Å². The fourth-order valence-corrected chi connectivity index (χ4v) is 3.06. The maximum Gasteiger partial charge on any atom is 0.259 e. The molecule has 1 saturated carbocycles. The van der Waals surface area contributed by atoms with Crippen LogP contribution in [0.15, 0.2) is 18.3 Å².